The van der Waals surface area contributed by atoms with E-state index in [0.29, 0.717) is 17.2 Å². The average molecular weight is 358 g/mol. The van der Waals surface area contributed by atoms with E-state index in [4.69, 9.17) is 4.74 Å². The van der Waals surface area contributed by atoms with Gasteiger partial charge in [0.25, 0.3) is 0 Å². The van der Waals surface area contributed by atoms with Gasteiger partial charge in [-0.15, -0.1) is 0 Å². The Morgan fingerprint density at radius 1 is 1.17 bits per heavy atom. The predicted molar refractivity (Wildman–Crippen MR) is 98.7 cm³/mol. The Labute approximate surface area is 146 Å². The molecule has 4 nitrogen and oxygen atoms in total. The topological polar surface area (TPSA) is 55.4 Å². The van der Waals surface area contributed by atoms with E-state index in [0.717, 1.165) is 5.75 Å². The maximum atomic E-state index is 12.7. The van der Waals surface area contributed by atoms with E-state index in [1.165, 1.54) is 0 Å². The van der Waals surface area contributed by atoms with E-state index in [-0.39, 0.29) is 10.7 Å². The van der Waals surface area contributed by atoms with Crippen LogP contribution in [0.15, 0.2) is 29.2 Å². The van der Waals surface area contributed by atoms with Crippen molar-refractivity contribution in [1.82, 2.24) is 5.32 Å². The molecule has 23 heavy (non-hydrogen) atoms. The van der Waals surface area contributed by atoms with Crippen molar-refractivity contribution in [2.75, 3.05) is 19.4 Å². The third kappa shape index (κ3) is 6.18. The highest BCUT2D eigenvalue weighted by atomic mass is 32.2. The van der Waals surface area contributed by atoms with Gasteiger partial charge in [-0.1, -0.05) is 20.8 Å². The van der Waals surface area contributed by atoms with Crippen molar-refractivity contribution in [3.63, 3.8) is 0 Å². The first-order chi connectivity index (χ1) is 10.6. The van der Waals surface area contributed by atoms with E-state index >= 15 is 0 Å². The molecule has 6 heteroatoms. The summed E-state index contributed by atoms with van der Waals surface area (Å²) in [6.07, 6.45) is 0. The molecule has 0 heterocycles. The second-order valence-electron chi connectivity index (χ2n) is 6.67. The third-order valence-electron chi connectivity index (χ3n) is 3.21. The second-order valence-corrected chi connectivity index (χ2v) is 10.6. The molecule has 1 aromatic rings. The number of carbonyl (C=O) groups excluding carboxylic acids is 1. The van der Waals surface area contributed by atoms with Crippen LogP contribution in [0.1, 0.15) is 34.6 Å². The molecule has 130 valence electrons. The molecular weight excluding hydrogens is 330 g/mol. The molecule has 1 amide bonds. The van der Waals surface area contributed by atoms with Crippen LogP contribution in [0.25, 0.3) is 0 Å². The first kappa shape index (κ1) is 20.0. The summed E-state index contributed by atoms with van der Waals surface area (Å²) in [6.45, 7) is 10.4. The highest BCUT2D eigenvalue weighted by Crippen LogP contribution is 2.24. The molecule has 0 bridgehead atoms. The number of amides is 1. The van der Waals surface area contributed by atoms with Crippen LogP contribution < -0.4 is 10.1 Å². The number of hydrogen-bond donors (Lipinski definition) is 1. The van der Waals surface area contributed by atoms with Crippen LogP contribution in [-0.4, -0.2) is 39.0 Å². The Kier molecular flexibility index (Phi) is 7.14. The Hall–Kier alpha value is -1.01. The molecule has 1 aromatic carbocycles. The maximum Gasteiger partial charge on any atom is 0.238 e. The Morgan fingerprint density at radius 2 is 1.74 bits per heavy atom. The predicted octanol–water partition coefficient (Wildman–Crippen LogP) is 3.23. The highest BCUT2D eigenvalue weighted by molar-refractivity contribution is 8.00. The lowest BCUT2D eigenvalue weighted by atomic mass is 10.2. The first-order valence-electron chi connectivity index (χ1n) is 7.56. The highest BCUT2D eigenvalue weighted by Gasteiger charge is 2.35. The number of thioether (sulfide) groups is 1. The van der Waals surface area contributed by atoms with Gasteiger partial charge in [0.1, 0.15) is 10.5 Å². The normalized spacial score (nSPS) is 13.5. The SMILES string of the molecule is COc1ccc(S(=O)C(C)(C)C(=O)NCCSC(C)(C)C)cc1. The number of methoxy groups -OCH3 is 1. The maximum absolute atomic E-state index is 12.7. The summed E-state index contributed by atoms with van der Waals surface area (Å²) < 4.78 is 17.0. The van der Waals surface area contributed by atoms with Gasteiger partial charge in [-0.3, -0.25) is 9.00 Å². The minimum Gasteiger partial charge on any atom is -0.497 e. The number of rotatable bonds is 7. The van der Waals surface area contributed by atoms with Crippen molar-refractivity contribution in [3.05, 3.63) is 24.3 Å². The zero-order chi connectivity index (χ0) is 17.7. The molecule has 0 aromatic heterocycles. The molecule has 0 radical (unpaired) electrons. The van der Waals surface area contributed by atoms with Crippen molar-refractivity contribution in [2.24, 2.45) is 0 Å². The fourth-order valence-electron chi connectivity index (χ4n) is 1.81. The van der Waals surface area contributed by atoms with E-state index in [1.54, 1.807) is 57.0 Å². The van der Waals surface area contributed by atoms with Crippen LogP contribution >= 0.6 is 11.8 Å². The quantitative estimate of drug-likeness (QED) is 0.761. The molecule has 0 saturated heterocycles. The lowest BCUT2D eigenvalue weighted by Gasteiger charge is -2.24. The van der Waals surface area contributed by atoms with Crippen LogP contribution in [0.2, 0.25) is 0 Å². The molecular formula is C17H27NO3S2. The Bertz CT molecular complexity index is 548. The van der Waals surface area contributed by atoms with Crippen molar-refractivity contribution in [2.45, 2.75) is 49.0 Å². The number of benzene rings is 1. The summed E-state index contributed by atoms with van der Waals surface area (Å²) in [6, 6.07) is 6.97. The van der Waals surface area contributed by atoms with Crippen LogP contribution in [0.4, 0.5) is 0 Å². The standard InChI is InChI=1S/C17H27NO3S2/c1-16(2,3)22-12-11-18-15(19)17(4,5)23(20)14-9-7-13(21-6)8-10-14/h7-10H,11-12H2,1-6H3,(H,18,19). The number of carbonyl (C=O) groups is 1. The monoisotopic (exact) mass is 357 g/mol. The van der Waals surface area contributed by atoms with Gasteiger partial charge < -0.3 is 10.1 Å². The number of nitrogens with one attached hydrogen (secondary N) is 1. The first-order valence-corrected chi connectivity index (χ1v) is 9.69. The van der Waals surface area contributed by atoms with Gasteiger partial charge in [-0.25, -0.2) is 0 Å². The lowest BCUT2D eigenvalue weighted by molar-refractivity contribution is -0.122. The molecule has 1 N–H and O–H groups in total. The van der Waals surface area contributed by atoms with E-state index < -0.39 is 15.5 Å². The summed E-state index contributed by atoms with van der Waals surface area (Å²) in [5.74, 6) is 1.34. The van der Waals surface area contributed by atoms with Crippen LogP contribution in [-0.2, 0) is 15.6 Å². The minimum atomic E-state index is -1.43. The van der Waals surface area contributed by atoms with Crippen molar-refractivity contribution < 1.29 is 13.7 Å². The minimum absolute atomic E-state index is 0.173. The van der Waals surface area contributed by atoms with Gasteiger partial charge in [-0.2, -0.15) is 11.8 Å². The summed E-state index contributed by atoms with van der Waals surface area (Å²) in [5, 5.41) is 2.89. The van der Waals surface area contributed by atoms with Gasteiger partial charge in [0.05, 0.1) is 17.9 Å². The molecule has 0 fully saturated rings. The Morgan fingerprint density at radius 3 is 2.22 bits per heavy atom. The fraction of sp³-hybridized carbons (Fsp3) is 0.588. The molecule has 0 spiro atoms. The van der Waals surface area contributed by atoms with Gasteiger partial charge in [-0.05, 0) is 38.1 Å². The molecule has 0 aliphatic carbocycles. The molecule has 0 saturated carbocycles. The number of hydrogen-bond acceptors (Lipinski definition) is 4. The van der Waals surface area contributed by atoms with E-state index in [1.807, 2.05) is 0 Å². The summed E-state index contributed by atoms with van der Waals surface area (Å²) in [5.41, 5.74) is 0. The third-order valence-corrected chi connectivity index (χ3v) is 6.29. The smallest absolute Gasteiger partial charge is 0.238 e. The van der Waals surface area contributed by atoms with Crippen LogP contribution in [0.3, 0.4) is 0 Å². The number of ether oxygens (including phenoxy) is 1. The van der Waals surface area contributed by atoms with Gasteiger partial charge in [0, 0.05) is 21.9 Å². The molecule has 1 atom stereocenters. The summed E-state index contributed by atoms with van der Waals surface area (Å²) in [4.78, 5) is 13.0. The fourth-order valence-corrected chi connectivity index (χ4v) is 3.84. The van der Waals surface area contributed by atoms with Crippen LogP contribution in [0.5, 0.6) is 5.75 Å². The van der Waals surface area contributed by atoms with Gasteiger partial charge >= 0.3 is 0 Å². The lowest BCUT2D eigenvalue weighted by Crippen LogP contribution is -2.46. The largest absolute Gasteiger partial charge is 0.497 e. The molecule has 0 aliphatic heterocycles. The zero-order valence-electron chi connectivity index (χ0n) is 14.8. The molecule has 1 rings (SSSR count). The van der Waals surface area contributed by atoms with Crippen molar-refractivity contribution in [1.29, 1.82) is 0 Å². The van der Waals surface area contributed by atoms with Gasteiger partial charge in [0.15, 0.2) is 0 Å². The summed E-state index contributed by atoms with van der Waals surface area (Å²) in [7, 11) is 0.151. The zero-order valence-corrected chi connectivity index (χ0v) is 16.4. The molecule has 0 aliphatic rings. The van der Waals surface area contributed by atoms with Crippen molar-refractivity contribution in [3.8, 4) is 5.75 Å². The van der Waals surface area contributed by atoms with Crippen molar-refractivity contribution >= 4 is 28.5 Å². The van der Waals surface area contributed by atoms with Gasteiger partial charge in [0.2, 0.25) is 5.91 Å². The van der Waals surface area contributed by atoms with E-state index in [2.05, 4.69) is 26.1 Å². The van der Waals surface area contributed by atoms with E-state index in [9.17, 15) is 9.00 Å². The molecule has 1 unspecified atom stereocenters. The summed E-state index contributed by atoms with van der Waals surface area (Å²) >= 11 is 1.79. The van der Waals surface area contributed by atoms with Crippen LogP contribution in [0, 0.1) is 0 Å². The second kappa shape index (κ2) is 8.20. The average Bonchev–Trinajstić information content (AvgIpc) is 2.49. The Balaban J connectivity index is 2.64.